The number of hydrogen-bond donors (Lipinski definition) is 2. The number of primary sulfonamides is 1. The summed E-state index contributed by atoms with van der Waals surface area (Å²) in [5, 5.41) is 18.5. The average molecular weight is 427 g/mol. The number of nitrogens with zero attached hydrogens (tertiary/aromatic N) is 2. The second-order valence-corrected chi connectivity index (χ2v) is 7.58. The number of rotatable bonds is 5. The maximum absolute atomic E-state index is 13.6. The molecular weight excluding hydrogens is 411 g/mol. The largest absolute Gasteiger partial charge is 0.497 e. The Labute approximate surface area is 164 Å². The minimum absolute atomic E-state index is 0.0565. The Morgan fingerprint density at radius 3 is 2.31 bits per heavy atom. The Morgan fingerprint density at radius 1 is 1.14 bits per heavy atom. The molecule has 3 rings (SSSR count). The third-order valence-corrected chi connectivity index (χ3v) is 5.16. The van der Waals surface area contributed by atoms with Crippen LogP contribution in [0.1, 0.15) is 11.3 Å². The summed E-state index contributed by atoms with van der Waals surface area (Å²) in [6.45, 7) is -0.729. The fourth-order valence-corrected chi connectivity index (χ4v) is 3.53. The molecule has 0 saturated heterocycles. The van der Waals surface area contributed by atoms with Gasteiger partial charge in [-0.2, -0.15) is 18.3 Å². The zero-order valence-corrected chi connectivity index (χ0v) is 15.8. The fourth-order valence-electron chi connectivity index (χ4n) is 2.78. The van der Waals surface area contributed by atoms with Gasteiger partial charge in [0.2, 0.25) is 10.0 Å². The predicted molar refractivity (Wildman–Crippen MR) is 97.8 cm³/mol. The molecule has 0 aliphatic rings. The van der Waals surface area contributed by atoms with E-state index in [1.807, 2.05) is 0 Å². The summed E-state index contributed by atoms with van der Waals surface area (Å²) in [6.07, 6.45) is -4.73. The lowest BCUT2D eigenvalue weighted by Gasteiger charge is -2.12. The van der Waals surface area contributed by atoms with Crippen molar-refractivity contribution < 1.29 is 31.4 Å². The zero-order valence-electron chi connectivity index (χ0n) is 15.0. The number of aliphatic hydroxyl groups excluding tert-OH is 1. The summed E-state index contributed by atoms with van der Waals surface area (Å²) < 4.78 is 69.6. The van der Waals surface area contributed by atoms with E-state index in [-0.39, 0.29) is 21.8 Å². The molecule has 0 spiro atoms. The molecule has 3 aromatic rings. The minimum atomic E-state index is -4.73. The zero-order chi connectivity index (χ0) is 21.4. The molecule has 29 heavy (non-hydrogen) atoms. The molecule has 0 bridgehead atoms. The summed E-state index contributed by atoms with van der Waals surface area (Å²) in [4.78, 5) is -0.375. The van der Waals surface area contributed by atoms with E-state index in [4.69, 9.17) is 9.88 Å². The van der Waals surface area contributed by atoms with Crippen molar-refractivity contribution in [3.05, 3.63) is 59.8 Å². The highest BCUT2D eigenvalue weighted by molar-refractivity contribution is 7.89. The molecule has 11 heteroatoms. The summed E-state index contributed by atoms with van der Waals surface area (Å²) in [6, 6.07) is 10.5. The van der Waals surface area contributed by atoms with Gasteiger partial charge in [0, 0.05) is 5.56 Å². The number of methoxy groups -OCH3 is 1. The number of benzene rings is 2. The molecule has 0 saturated carbocycles. The van der Waals surface area contributed by atoms with E-state index in [0.29, 0.717) is 16.0 Å². The first kappa shape index (κ1) is 20.8. The number of nitrogens with two attached hydrogens (primary N) is 1. The van der Waals surface area contributed by atoms with Gasteiger partial charge in [-0.1, -0.05) is 0 Å². The summed E-state index contributed by atoms with van der Waals surface area (Å²) in [5.74, 6) is 0.537. The number of ether oxygens (including phenoxy) is 1. The lowest BCUT2D eigenvalue weighted by Crippen LogP contribution is -2.16. The van der Waals surface area contributed by atoms with Crippen molar-refractivity contribution in [2.24, 2.45) is 5.14 Å². The monoisotopic (exact) mass is 427 g/mol. The number of halogens is 3. The van der Waals surface area contributed by atoms with Crippen LogP contribution in [0.3, 0.4) is 0 Å². The van der Waals surface area contributed by atoms with Crippen molar-refractivity contribution in [1.29, 1.82) is 0 Å². The molecule has 0 fully saturated rings. The van der Waals surface area contributed by atoms with Crippen LogP contribution in [0, 0.1) is 0 Å². The second-order valence-electron chi connectivity index (χ2n) is 6.05. The minimum Gasteiger partial charge on any atom is -0.497 e. The molecule has 0 unspecified atom stereocenters. The van der Waals surface area contributed by atoms with Gasteiger partial charge in [0.25, 0.3) is 0 Å². The summed E-state index contributed by atoms with van der Waals surface area (Å²) in [5.41, 5.74) is -0.789. The maximum Gasteiger partial charge on any atom is 0.433 e. The van der Waals surface area contributed by atoms with E-state index < -0.39 is 28.5 Å². The van der Waals surface area contributed by atoms with Gasteiger partial charge in [-0.3, -0.25) is 0 Å². The Balaban J connectivity index is 2.17. The first-order valence-corrected chi connectivity index (χ1v) is 9.68. The molecule has 7 nitrogen and oxygen atoms in total. The summed E-state index contributed by atoms with van der Waals surface area (Å²) in [7, 11) is -2.68. The Bertz CT molecular complexity index is 1140. The Kier molecular flexibility index (Phi) is 5.39. The van der Waals surface area contributed by atoms with Gasteiger partial charge in [-0.15, -0.1) is 0 Å². The van der Waals surface area contributed by atoms with E-state index >= 15 is 0 Å². The molecule has 3 N–H and O–H groups in total. The van der Waals surface area contributed by atoms with Crippen molar-refractivity contribution in [2.45, 2.75) is 17.7 Å². The van der Waals surface area contributed by atoms with Crippen molar-refractivity contribution in [1.82, 2.24) is 9.78 Å². The smallest absolute Gasteiger partial charge is 0.433 e. The number of hydrogen-bond acceptors (Lipinski definition) is 5. The van der Waals surface area contributed by atoms with Crippen LogP contribution < -0.4 is 9.88 Å². The quantitative estimate of drug-likeness (QED) is 0.651. The standard InChI is InChI=1S/C18H16F3N3O4S/c1-28-14-5-2-11(3-6-14)15-9-17(18(19,20)21)24(23-15)13-4-7-16(29(22,26)27)12(8-13)10-25/h2-9,25H,10H2,1H3,(H2,22,26,27). The Hall–Kier alpha value is -2.89. The molecule has 0 radical (unpaired) electrons. The van der Waals surface area contributed by atoms with Crippen molar-refractivity contribution in [3.63, 3.8) is 0 Å². The van der Waals surface area contributed by atoms with Gasteiger partial charge < -0.3 is 9.84 Å². The average Bonchev–Trinajstić information content (AvgIpc) is 3.13. The first-order valence-electron chi connectivity index (χ1n) is 8.13. The first-order chi connectivity index (χ1) is 13.5. The van der Waals surface area contributed by atoms with Gasteiger partial charge in [-0.05, 0) is 54.1 Å². The number of aliphatic hydroxyl groups is 1. The predicted octanol–water partition coefficient (Wildman–Crippen LogP) is 2.71. The van der Waals surface area contributed by atoms with E-state index in [0.717, 1.165) is 24.3 Å². The highest BCUT2D eigenvalue weighted by Crippen LogP contribution is 2.35. The fraction of sp³-hybridized carbons (Fsp3) is 0.167. The molecule has 0 atom stereocenters. The molecule has 0 aliphatic carbocycles. The molecule has 1 heterocycles. The lowest BCUT2D eigenvalue weighted by molar-refractivity contribution is -0.142. The van der Waals surface area contributed by atoms with Crippen LogP contribution in [-0.4, -0.2) is 30.4 Å². The highest BCUT2D eigenvalue weighted by atomic mass is 32.2. The SMILES string of the molecule is COc1ccc(-c2cc(C(F)(F)F)n(-c3ccc(S(N)(=O)=O)c(CO)c3)n2)cc1. The van der Waals surface area contributed by atoms with Crippen LogP contribution in [0.5, 0.6) is 5.75 Å². The highest BCUT2D eigenvalue weighted by Gasteiger charge is 2.36. The van der Waals surface area contributed by atoms with E-state index in [1.54, 1.807) is 24.3 Å². The number of sulfonamides is 1. The van der Waals surface area contributed by atoms with Crippen molar-refractivity contribution >= 4 is 10.0 Å². The number of aromatic nitrogens is 2. The van der Waals surface area contributed by atoms with Gasteiger partial charge in [0.05, 0.1) is 30.0 Å². The lowest BCUT2D eigenvalue weighted by atomic mass is 10.1. The van der Waals surface area contributed by atoms with Gasteiger partial charge in [0.15, 0.2) is 0 Å². The van der Waals surface area contributed by atoms with Gasteiger partial charge in [0.1, 0.15) is 11.4 Å². The molecule has 154 valence electrons. The van der Waals surface area contributed by atoms with Crippen molar-refractivity contribution in [3.8, 4) is 22.7 Å². The topological polar surface area (TPSA) is 107 Å². The third-order valence-electron chi connectivity index (χ3n) is 4.15. The van der Waals surface area contributed by atoms with E-state index in [9.17, 15) is 26.7 Å². The van der Waals surface area contributed by atoms with Crippen LogP contribution in [-0.2, 0) is 22.8 Å². The van der Waals surface area contributed by atoms with Gasteiger partial charge in [-0.25, -0.2) is 18.2 Å². The molecule has 0 amide bonds. The Morgan fingerprint density at radius 2 is 1.79 bits per heavy atom. The van der Waals surface area contributed by atoms with Crippen LogP contribution in [0.2, 0.25) is 0 Å². The number of alkyl halides is 3. The van der Waals surface area contributed by atoms with Crippen molar-refractivity contribution in [2.75, 3.05) is 7.11 Å². The third kappa shape index (κ3) is 4.26. The van der Waals surface area contributed by atoms with Gasteiger partial charge >= 0.3 is 6.18 Å². The molecule has 1 aromatic heterocycles. The summed E-state index contributed by atoms with van der Waals surface area (Å²) >= 11 is 0. The maximum atomic E-state index is 13.6. The normalized spacial score (nSPS) is 12.2. The molecule has 2 aromatic carbocycles. The van der Waals surface area contributed by atoms with E-state index in [2.05, 4.69) is 5.10 Å². The van der Waals surface area contributed by atoms with Crippen LogP contribution in [0.4, 0.5) is 13.2 Å². The molecular formula is C18H16F3N3O4S. The van der Waals surface area contributed by atoms with Crippen LogP contribution in [0.15, 0.2) is 53.4 Å². The van der Waals surface area contributed by atoms with E-state index in [1.165, 1.54) is 7.11 Å². The van der Waals surface area contributed by atoms with Crippen LogP contribution in [0.25, 0.3) is 16.9 Å². The molecule has 0 aliphatic heterocycles. The van der Waals surface area contributed by atoms with Crippen LogP contribution >= 0.6 is 0 Å². The second kappa shape index (κ2) is 7.50.